The van der Waals surface area contributed by atoms with Gasteiger partial charge in [-0.3, -0.25) is 4.90 Å². The normalized spacial score (nSPS) is 14.5. The first kappa shape index (κ1) is 13.7. The lowest BCUT2D eigenvalue weighted by molar-refractivity contribution is 0.196. The molecule has 1 atom stereocenters. The molecule has 108 valence electrons. The van der Waals surface area contributed by atoms with Gasteiger partial charge in [0.15, 0.2) is 5.82 Å². The molecule has 0 saturated carbocycles. The molecule has 0 bridgehead atoms. The van der Waals surface area contributed by atoms with Crippen LogP contribution in [-0.2, 0) is 5.54 Å². The molecule has 0 aliphatic carbocycles. The molecule has 0 radical (unpaired) electrons. The van der Waals surface area contributed by atoms with Gasteiger partial charge in [0.05, 0.1) is 17.4 Å². The lowest BCUT2D eigenvalue weighted by Gasteiger charge is -2.37. The highest BCUT2D eigenvalue weighted by molar-refractivity contribution is 5.75. The summed E-state index contributed by atoms with van der Waals surface area (Å²) in [5, 5.41) is 0. The lowest BCUT2D eigenvalue weighted by Crippen LogP contribution is -2.49. The van der Waals surface area contributed by atoms with Gasteiger partial charge < -0.3 is 10.7 Å². The molecule has 6 nitrogen and oxygen atoms in total. The standard InChI is InChI=1S/C15H18N6/c1-21(2)15(9-16,14-17-6-3-7-18-14)11-4-5-12-13(8-11)20-10-19-12/h3-8,10H,9,16H2,1-2H3,(H,19,20). The number of hydrogen-bond acceptors (Lipinski definition) is 5. The molecule has 3 aromatic rings. The summed E-state index contributed by atoms with van der Waals surface area (Å²) in [6.45, 7) is 0.379. The van der Waals surface area contributed by atoms with E-state index in [1.165, 1.54) is 0 Å². The van der Waals surface area contributed by atoms with Crippen LogP contribution in [0.15, 0.2) is 43.0 Å². The van der Waals surface area contributed by atoms with E-state index in [2.05, 4.69) is 30.9 Å². The molecular weight excluding hydrogens is 264 g/mol. The van der Waals surface area contributed by atoms with Crippen LogP contribution in [-0.4, -0.2) is 45.5 Å². The second kappa shape index (κ2) is 5.23. The maximum absolute atomic E-state index is 6.14. The molecule has 1 aromatic carbocycles. The molecule has 0 amide bonds. The first-order valence-electron chi connectivity index (χ1n) is 6.77. The summed E-state index contributed by atoms with van der Waals surface area (Å²) >= 11 is 0. The molecule has 0 fully saturated rings. The van der Waals surface area contributed by atoms with Gasteiger partial charge in [-0.15, -0.1) is 0 Å². The SMILES string of the molecule is CN(C)C(CN)(c1ccc2nc[nH]c2c1)c1ncccn1. The molecule has 2 aromatic heterocycles. The predicted molar refractivity (Wildman–Crippen MR) is 81.6 cm³/mol. The van der Waals surface area contributed by atoms with Crippen molar-refractivity contribution in [1.29, 1.82) is 0 Å². The van der Waals surface area contributed by atoms with Crippen LogP contribution in [0.2, 0.25) is 0 Å². The van der Waals surface area contributed by atoms with E-state index in [0.29, 0.717) is 12.4 Å². The zero-order chi connectivity index (χ0) is 14.9. The van der Waals surface area contributed by atoms with E-state index in [0.717, 1.165) is 16.6 Å². The smallest absolute Gasteiger partial charge is 0.154 e. The van der Waals surface area contributed by atoms with Crippen LogP contribution in [0.4, 0.5) is 0 Å². The largest absolute Gasteiger partial charge is 0.345 e. The first-order valence-corrected chi connectivity index (χ1v) is 6.77. The Labute approximate surface area is 123 Å². The van der Waals surface area contributed by atoms with Crippen molar-refractivity contribution < 1.29 is 0 Å². The van der Waals surface area contributed by atoms with Crippen molar-refractivity contribution >= 4 is 11.0 Å². The molecular formula is C15H18N6. The van der Waals surface area contributed by atoms with E-state index in [9.17, 15) is 0 Å². The molecule has 21 heavy (non-hydrogen) atoms. The quantitative estimate of drug-likeness (QED) is 0.749. The Bertz CT molecular complexity index is 736. The van der Waals surface area contributed by atoms with E-state index in [1.54, 1.807) is 24.8 Å². The molecule has 6 heteroatoms. The monoisotopic (exact) mass is 282 g/mol. The van der Waals surface area contributed by atoms with Crippen LogP contribution in [0.1, 0.15) is 11.4 Å². The van der Waals surface area contributed by atoms with Crippen molar-refractivity contribution in [2.24, 2.45) is 5.73 Å². The average Bonchev–Trinajstić information content (AvgIpc) is 2.97. The maximum Gasteiger partial charge on any atom is 0.154 e. The predicted octanol–water partition coefficient (Wildman–Crippen LogP) is 1.12. The van der Waals surface area contributed by atoms with Crippen molar-refractivity contribution in [2.45, 2.75) is 5.54 Å². The number of nitrogens with one attached hydrogen (secondary N) is 1. The van der Waals surface area contributed by atoms with Gasteiger partial charge in [-0.25, -0.2) is 15.0 Å². The van der Waals surface area contributed by atoms with Gasteiger partial charge in [-0.05, 0) is 37.9 Å². The summed E-state index contributed by atoms with van der Waals surface area (Å²) in [5.41, 5.74) is 8.52. The van der Waals surface area contributed by atoms with Crippen molar-refractivity contribution in [3.05, 3.63) is 54.4 Å². The fourth-order valence-electron chi connectivity index (χ4n) is 2.68. The number of aromatic amines is 1. The Morgan fingerprint density at radius 2 is 1.95 bits per heavy atom. The van der Waals surface area contributed by atoms with Crippen molar-refractivity contribution in [3.8, 4) is 0 Å². The van der Waals surface area contributed by atoms with Crippen molar-refractivity contribution in [1.82, 2.24) is 24.8 Å². The van der Waals surface area contributed by atoms with E-state index >= 15 is 0 Å². The topological polar surface area (TPSA) is 83.7 Å². The number of rotatable bonds is 4. The number of H-pyrrole nitrogens is 1. The Morgan fingerprint density at radius 1 is 1.19 bits per heavy atom. The number of fused-ring (bicyclic) bond motifs is 1. The minimum atomic E-state index is -0.569. The molecule has 3 rings (SSSR count). The van der Waals surface area contributed by atoms with Gasteiger partial charge in [0.1, 0.15) is 5.54 Å². The Kier molecular flexibility index (Phi) is 3.40. The number of nitrogens with two attached hydrogens (primary N) is 1. The van der Waals surface area contributed by atoms with Gasteiger partial charge >= 0.3 is 0 Å². The van der Waals surface area contributed by atoms with Gasteiger partial charge in [0.25, 0.3) is 0 Å². The summed E-state index contributed by atoms with van der Waals surface area (Å²) in [5.74, 6) is 0.691. The van der Waals surface area contributed by atoms with Crippen LogP contribution < -0.4 is 5.73 Å². The van der Waals surface area contributed by atoms with Gasteiger partial charge in [0.2, 0.25) is 0 Å². The van der Waals surface area contributed by atoms with Crippen LogP contribution >= 0.6 is 0 Å². The van der Waals surface area contributed by atoms with Gasteiger partial charge in [-0.1, -0.05) is 6.07 Å². The van der Waals surface area contributed by atoms with Crippen molar-refractivity contribution in [2.75, 3.05) is 20.6 Å². The first-order chi connectivity index (χ1) is 10.2. The van der Waals surface area contributed by atoms with E-state index in [4.69, 9.17) is 5.73 Å². The van der Waals surface area contributed by atoms with Crippen LogP contribution in [0.25, 0.3) is 11.0 Å². The van der Waals surface area contributed by atoms with Crippen molar-refractivity contribution in [3.63, 3.8) is 0 Å². The second-order valence-corrected chi connectivity index (χ2v) is 5.17. The minimum absolute atomic E-state index is 0.379. The number of imidazole rings is 1. The Morgan fingerprint density at radius 3 is 2.62 bits per heavy atom. The Balaban J connectivity index is 2.23. The third-order valence-corrected chi connectivity index (χ3v) is 3.89. The van der Waals surface area contributed by atoms with E-state index in [1.807, 2.05) is 26.2 Å². The zero-order valence-corrected chi connectivity index (χ0v) is 12.1. The highest BCUT2D eigenvalue weighted by atomic mass is 15.2. The van der Waals surface area contributed by atoms with Crippen LogP contribution in [0.3, 0.4) is 0 Å². The minimum Gasteiger partial charge on any atom is -0.345 e. The number of likely N-dealkylation sites (N-methyl/N-ethyl adjacent to an activating group) is 1. The molecule has 3 N–H and O–H groups in total. The summed E-state index contributed by atoms with van der Waals surface area (Å²) in [7, 11) is 3.97. The fourth-order valence-corrected chi connectivity index (χ4v) is 2.68. The molecule has 0 saturated heterocycles. The lowest BCUT2D eigenvalue weighted by atomic mass is 9.87. The third-order valence-electron chi connectivity index (χ3n) is 3.89. The number of hydrogen-bond donors (Lipinski definition) is 2. The molecule has 0 aliphatic heterocycles. The summed E-state index contributed by atoms with van der Waals surface area (Å²) in [6, 6.07) is 7.88. The average molecular weight is 282 g/mol. The number of aromatic nitrogens is 4. The highest BCUT2D eigenvalue weighted by Gasteiger charge is 2.38. The fraction of sp³-hybridized carbons (Fsp3) is 0.267. The summed E-state index contributed by atoms with van der Waals surface area (Å²) in [6.07, 6.45) is 5.17. The number of benzene rings is 1. The maximum atomic E-state index is 6.14. The van der Waals surface area contributed by atoms with Gasteiger partial charge in [-0.2, -0.15) is 0 Å². The molecule has 1 unspecified atom stereocenters. The van der Waals surface area contributed by atoms with E-state index in [-0.39, 0.29) is 0 Å². The summed E-state index contributed by atoms with van der Waals surface area (Å²) in [4.78, 5) is 18.3. The van der Waals surface area contributed by atoms with Crippen LogP contribution in [0.5, 0.6) is 0 Å². The second-order valence-electron chi connectivity index (χ2n) is 5.17. The number of nitrogens with zero attached hydrogens (tertiary/aromatic N) is 4. The third kappa shape index (κ3) is 2.09. The zero-order valence-electron chi connectivity index (χ0n) is 12.1. The van der Waals surface area contributed by atoms with E-state index < -0.39 is 5.54 Å². The van der Waals surface area contributed by atoms with Crippen LogP contribution in [0, 0.1) is 0 Å². The molecule has 2 heterocycles. The molecule has 0 aliphatic rings. The highest BCUT2D eigenvalue weighted by Crippen LogP contribution is 2.32. The Hall–Kier alpha value is -2.31. The summed E-state index contributed by atoms with van der Waals surface area (Å²) < 4.78 is 0. The van der Waals surface area contributed by atoms with Gasteiger partial charge in [0, 0.05) is 18.9 Å². The molecule has 0 spiro atoms.